The molecule has 0 spiro atoms. The lowest BCUT2D eigenvalue weighted by Gasteiger charge is -2.48. The minimum atomic E-state index is -1.53. The van der Waals surface area contributed by atoms with Gasteiger partial charge < -0.3 is 0 Å². The Labute approximate surface area is 146 Å². The van der Waals surface area contributed by atoms with Crippen LogP contribution in [0.3, 0.4) is 0 Å². The second-order valence-corrected chi connectivity index (χ2v) is 10.0. The molecule has 2 aliphatic rings. The standard InChI is InChI=1S/C10H10Cl8/c1-7(2)3(6(13)14)8(15)4(11)5(12)9(7,16)10(8,17)18/h3-6H,1-2H3. The topological polar surface area (TPSA) is 0 Å². The minimum absolute atomic E-state index is 0.486. The van der Waals surface area contributed by atoms with E-state index < -0.39 is 41.0 Å². The van der Waals surface area contributed by atoms with Crippen LogP contribution < -0.4 is 0 Å². The molecular weight excluding hydrogens is 404 g/mol. The largest absolute Gasteiger partial charge is 0.160 e. The summed E-state index contributed by atoms with van der Waals surface area (Å²) in [5, 5.41) is -1.42. The minimum Gasteiger partial charge on any atom is -0.119 e. The number of rotatable bonds is 1. The zero-order valence-electron chi connectivity index (χ0n) is 9.33. The van der Waals surface area contributed by atoms with Crippen molar-refractivity contribution in [2.45, 2.75) is 43.5 Å². The second-order valence-electron chi connectivity index (χ2n) is 5.39. The molecule has 0 heterocycles. The summed E-state index contributed by atoms with van der Waals surface area (Å²) in [5.41, 5.74) is -0.675. The highest BCUT2D eigenvalue weighted by Gasteiger charge is 2.88. The van der Waals surface area contributed by atoms with E-state index in [2.05, 4.69) is 0 Å². The maximum Gasteiger partial charge on any atom is 0.160 e. The van der Waals surface area contributed by atoms with Crippen LogP contribution in [0, 0.1) is 11.3 Å². The fourth-order valence-corrected chi connectivity index (χ4v) is 8.37. The number of halogens is 8. The first kappa shape index (κ1) is 16.7. The van der Waals surface area contributed by atoms with Crippen LogP contribution in [0.2, 0.25) is 0 Å². The number of hydrogen-bond donors (Lipinski definition) is 0. The Kier molecular flexibility index (Phi) is 4.09. The van der Waals surface area contributed by atoms with E-state index >= 15 is 0 Å². The fraction of sp³-hybridized carbons (Fsp3) is 1.00. The van der Waals surface area contributed by atoms with Gasteiger partial charge in [-0.25, -0.2) is 0 Å². The summed E-state index contributed by atoms with van der Waals surface area (Å²) in [6.07, 6.45) is 0. The van der Waals surface area contributed by atoms with Gasteiger partial charge in [-0.15, -0.1) is 69.6 Å². The Hall–Kier alpha value is 2.32. The number of hydrogen-bond acceptors (Lipinski definition) is 0. The van der Waals surface area contributed by atoms with Gasteiger partial charge in [0.05, 0.1) is 10.8 Å². The molecule has 2 bridgehead atoms. The molecule has 0 aliphatic heterocycles. The van der Waals surface area contributed by atoms with Crippen LogP contribution in [0.15, 0.2) is 0 Å². The monoisotopic (exact) mass is 410 g/mol. The Bertz CT molecular complexity index is 380. The number of alkyl halides is 8. The van der Waals surface area contributed by atoms with Gasteiger partial charge in [-0.3, -0.25) is 0 Å². The highest BCUT2D eigenvalue weighted by atomic mass is 35.5. The van der Waals surface area contributed by atoms with Gasteiger partial charge in [0.25, 0.3) is 0 Å². The molecule has 0 radical (unpaired) electrons. The Morgan fingerprint density at radius 3 is 1.67 bits per heavy atom. The molecular formula is C10H10Cl8. The Balaban J connectivity index is 2.74. The molecule has 0 aromatic rings. The van der Waals surface area contributed by atoms with Gasteiger partial charge >= 0.3 is 0 Å². The molecule has 18 heavy (non-hydrogen) atoms. The summed E-state index contributed by atoms with van der Waals surface area (Å²) in [6, 6.07) is 0. The summed E-state index contributed by atoms with van der Waals surface area (Å²) >= 11 is 50.9. The van der Waals surface area contributed by atoms with Crippen molar-refractivity contribution >= 4 is 92.8 Å². The Morgan fingerprint density at radius 1 is 0.889 bits per heavy atom. The summed E-state index contributed by atoms with van der Waals surface area (Å²) in [4.78, 5) is -3.31. The highest BCUT2D eigenvalue weighted by molar-refractivity contribution is 6.63. The van der Waals surface area contributed by atoms with Gasteiger partial charge in [-0.2, -0.15) is 0 Å². The summed E-state index contributed by atoms with van der Waals surface area (Å²) in [7, 11) is 0. The predicted molar refractivity (Wildman–Crippen MR) is 83.7 cm³/mol. The van der Waals surface area contributed by atoms with Crippen LogP contribution in [-0.4, -0.2) is 29.7 Å². The van der Waals surface area contributed by atoms with Crippen LogP contribution in [-0.2, 0) is 0 Å². The quantitative estimate of drug-likeness (QED) is 0.476. The summed E-state index contributed by atoms with van der Waals surface area (Å²) in [6.45, 7) is 3.70. The number of fused-ring (bicyclic) bond motifs is 2. The van der Waals surface area contributed by atoms with Gasteiger partial charge in [0.1, 0.15) is 14.6 Å². The Morgan fingerprint density at radius 2 is 1.33 bits per heavy atom. The molecule has 2 rings (SSSR count). The van der Waals surface area contributed by atoms with Crippen LogP contribution in [0.25, 0.3) is 0 Å². The maximum atomic E-state index is 6.67. The van der Waals surface area contributed by atoms with Crippen molar-refractivity contribution in [1.82, 2.24) is 0 Å². The molecule has 2 fully saturated rings. The van der Waals surface area contributed by atoms with E-state index in [4.69, 9.17) is 92.8 Å². The smallest absolute Gasteiger partial charge is 0.119 e. The maximum absolute atomic E-state index is 6.67. The van der Waals surface area contributed by atoms with Crippen LogP contribution in [0.5, 0.6) is 0 Å². The van der Waals surface area contributed by atoms with Crippen molar-refractivity contribution < 1.29 is 0 Å². The average Bonchev–Trinajstić information content (AvgIpc) is 2.36. The first-order valence-corrected chi connectivity index (χ1v) is 8.46. The van der Waals surface area contributed by atoms with E-state index in [1.165, 1.54) is 0 Å². The van der Waals surface area contributed by atoms with Crippen LogP contribution >= 0.6 is 92.8 Å². The molecule has 2 saturated carbocycles. The molecule has 0 amide bonds. The first-order chi connectivity index (χ1) is 7.88. The molecule has 2 aliphatic carbocycles. The van der Waals surface area contributed by atoms with Gasteiger partial charge in [-0.1, -0.05) is 37.0 Å². The third kappa shape index (κ3) is 1.46. The van der Waals surface area contributed by atoms with E-state index in [1.54, 1.807) is 0 Å². The molecule has 8 heteroatoms. The van der Waals surface area contributed by atoms with Crippen molar-refractivity contribution in [2.75, 3.05) is 0 Å². The van der Waals surface area contributed by atoms with Crippen molar-refractivity contribution in [1.29, 1.82) is 0 Å². The van der Waals surface area contributed by atoms with Gasteiger partial charge in [0.2, 0.25) is 0 Å². The van der Waals surface area contributed by atoms with Gasteiger partial charge in [-0.05, 0) is 5.41 Å². The molecule has 0 nitrogen and oxygen atoms in total. The van der Waals surface area contributed by atoms with E-state index in [-0.39, 0.29) is 0 Å². The lowest BCUT2D eigenvalue weighted by Crippen LogP contribution is -2.56. The SMILES string of the molecule is CC1(C)C(C(Cl)Cl)C2(Cl)C(Cl)C(Cl)C1(Cl)C2(Cl)Cl. The summed E-state index contributed by atoms with van der Waals surface area (Å²) in [5.74, 6) is -0.486. The van der Waals surface area contributed by atoms with Crippen molar-refractivity contribution in [3.05, 3.63) is 0 Å². The molecule has 5 unspecified atom stereocenters. The molecule has 0 aromatic carbocycles. The molecule has 0 aromatic heterocycles. The van der Waals surface area contributed by atoms with Crippen molar-refractivity contribution in [3.8, 4) is 0 Å². The van der Waals surface area contributed by atoms with Crippen LogP contribution in [0.1, 0.15) is 13.8 Å². The van der Waals surface area contributed by atoms with Crippen molar-refractivity contribution in [2.24, 2.45) is 11.3 Å². The van der Waals surface area contributed by atoms with E-state index in [0.29, 0.717) is 0 Å². The molecule has 5 atom stereocenters. The van der Waals surface area contributed by atoms with E-state index in [0.717, 1.165) is 0 Å². The zero-order valence-corrected chi connectivity index (χ0v) is 15.4. The van der Waals surface area contributed by atoms with E-state index in [1.807, 2.05) is 13.8 Å². The summed E-state index contributed by atoms with van der Waals surface area (Å²) < 4.78 is -1.53. The molecule has 106 valence electrons. The first-order valence-electron chi connectivity index (χ1n) is 5.20. The highest BCUT2D eigenvalue weighted by Crippen LogP contribution is 2.79. The molecule has 0 saturated heterocycles. The van der Waals surface area contributed by atoms with Gasteiger partial charge in [0.15, 0.2) is 4.33 Å². The van der Waals surface area contributed by atoms with Crippen LogP contribution in [0.4, 0.5) is 0 Å². The normalized spacial score (nSPS) is 53.2. The van der Waals surface area contributed by atoms with Gasteiger partial charge in [0, 0.05) is 5.92 Å². The third-order valence-electron chi connectivity index (χ3n) is 4.40. The fourth-order valence-electron chi connectivity index (χ4n) is 3.42. The lowest BCUT2D eigenvalue weighted by molar-refractivity contribution is 0.163. The van der Waals surface area contributed by atoms with E-state index in [9.17, 15) is 0 Å². The lowest BCUT2D eigenvalue weighted by atomic mass is 9.68. The van der Waals surface area contributed by atoms with Crippen molar-refractivity contribution in [3.63, 3.8) is 0 Å². The zero-order chi connectivity index (χ0) is 14.3. The third-order valence-corrected chi connectivity index (χ3v) is 9.80. The second kappa shape index (κ2) is 4.42. The average molecular weight is 414 g/mol. The molecule has 0 N–H and O–H groups in total. The predicted octanol–water partition coefficient (Wildman–Crippen LogP) is 5.80.